The molecule has 0 bridgehead atoms. The average molecular weight is 611 g/mol. The van der Waals surface area contributed by atoms with Gasteiger partial charge in [0, 0.05) is 55.4 Å². The summed E-state index contributed by atoms with van der Waals surface area (Å²) in [6, 6.07) is 14.5. The lowest BCUT2D eigenvalue weighted by atomic mass is 9.78. The highest BCUT2D eigenvalue weighted by atomic mass is 35.5. The number of amides is 1. The van der Waals surface area contributed by atoms with Crippen molar-refractivity contribution in [2.75, 3.05) is 82.5 Å². The molecule has 0 atom stereocenters. The molecule has 232 valence electrons. The van der Waals surface area contributed by atoms with Gasteiger partial charge in [-0.3, -0.25) is 4.79 Å². The van der Waals surface area contributed by atoms with Crippen LogP contribution in [0.15, 0.2) is 42.5 Å². The van der Waals surface area contributed by atoms with E-state index in [1.165, 1.54) is 5.56 Å². The largest absolute Gasteiger partial charge is 0.394 e. The van der Waals surface area contributed by atoms with Crippen molar-refractivity contribution in [2.45, 2.75) is 37.5 Å². The van der Waals surface area contributed by atoms with Gasteiger partial charge in [0.05, 0.1) is 50.4 Å². The number of carbonyl (C=O) groups excluding carboxylic acids is 1. The van der Waals surface area contributed by atoms with E-state index < -0.39 is 0 Å². The number of halogens is 1. The first-order chi connectivity index (χ1) is 21.0. The van der Waals surface area contributed by atoms with E-state index in [2.05, 4.69) is 40.5 Å². The molecule has 1 aliphatic heterocycles. The number of nitrogens with one attached hydrogen (secondary N) is 1. The number of rotatable bonds is 14. The minimum atomic E-state index is -0.254. The van der Waals surface area contributed by atoms with Gasteiger partial charge in [-0.25, -0.2) is 9.97 Å². The van der Waals surface area contributed by atoms with E-state index in [0.29, 0.717) is 59.0 Å². The highest BCUT2D eigenvalue weighted by Gasteiger charge is 2.40. The van der Waals surface area contributed by atoms with Crippen molar-refractivity contribution in [3.63, 3.8) is 0 Å². The zero-order valence-corrected chi connectivity index (χ0v) is 25.5. The Balaban J connectivity index is 1.30. The van der Waals surface area contributed by atoms with Crippen LogP contribution in [-0.2, 0) is 19.7 Å². The van der Waals surface area contributed by atoms with Crippen LogP contribution in [0.25, 0.3) is 10.9 Å². The van der Waals surface area contributed by atoms with Crippen molar-refractivity contribution >= 4 is 39.9 Å². The zero-order valence-electron chi connectivity index (χ0n) is 24.8. The lowest BCUT2D eigenvalue weighted by Gasteiger charge is -2.36. The van der Waals surface area contributed by atoms with E-state index in [1.807, 2.05) is 17.0 Å². The summed E-state index contributed by atoms with van der Waals surface area (Å²) in [5.41, 5.74) is 8.79. The van der Waals surface area contributed by atoms with Gasteiger partial charge in [-0.15, -0.1) is 0 Å². The molecule has 2 heterocycles. The molecule has 1 saturated heterocycles. The molecule has 0 spiro atoms. The SMILES string of the molecule is NCCNc1nc(C2(c3ccc(Cl)cc3)CCCC2)nc2cc(N3CCN(C(=O)CCOCCOCCO)CC3)ccc12. The quantitative estimate of drug-likeness (QED) is 0.235. The van der Waals surface area contributed by atoms with E-state index in [0.717, 1.165) is 72.0 Å². The van der Waals surface area contributed by atoms with E-state index in [4.69, 9.17) is 41.9 Å². The molecule has 3 aromatic rings. The summed E-state index contributed by atoms with van der Waals surface area (Å²) in [5.74, 6) is 1.76. The molecule has 43 heavy (non-hydrogen) atoms. The molecule has 4 N–H and O–H groups in total. The van der Waals surface area contributed by atoms with Gasteiger partial charge in [-0.1, -0.05) is 36.6 Å². The number of hydrogen-bond acceptors (Lipinski definition) is 9. The number of nitrogens with two attached hydrogens (primary N) is 1. The van der Waals surface area contributed by atoms with Gasteiger partial charge in [0.15, 0.2) is 0 Å². The number of benzene rings is 2. The Bertz CT molecular complexity index is 1340. The van der Waals surface area contributed by atoms with Crippen LogP contribution in [0.1, 0.15) is 43.5 Å². The normalized spacial score (nSPS) is 16.6. The van der Waals surface area contributed by atoms with Crippen molar-refractivity contribution in [3.8, 4) is 0 Å². The number of aromatic nitrogens is 2. The number of ether oxygens (including phenoxy) is 2. The maximum Gasteiger partial charge on any atom is 0.225 e. The van der Waals surface area contributed by atoms with E-state index in [-0.39, 0.29) is 17.9 Å². The van der Waals surface area contributed by atoms with Gasteiger partial charge in [0.2, 0.25) is 5.91 Å². The zero-order chi connectivity index (χ0) is 30.1. The molecular formula is C32H43ClN6O4. The monoisotopic (exact) mass is 610 g/mol. The smallest absolute Gasteiger partial charge is 0.225 e. The minimum Gasteiger partial charge on any atom is -0.394 e. The highest BCUT2D eigenvalue weighted by molar-refractivity contribution is 6.30. The second kappa shape index (κ2) is 15.1. The van der Waals surface area contributed by atoms with E-state index in [1.54, 1.807) is 0 Å². The average Bonchev–Trinajstić information content (AvgIpc) is 3.54. The van der Waals surface area contributed by atoms with Crippen LogP contribution in [-0.4, -0.2) is 98.2 Å². The Morgan fingerprint density at radius 2 is 1.70 bits per heavy atom. The molecule has 2 aromatic carbocycles. The lowest BCUT2D eigenvalue weighted by Crippen LogP contribution is -2.49. The maximum absolute atomic E-state index is 12.7. The maximum atomic E-state index is 12.7. The number of aliphatic hydroxyl groups is 1. The summed E-state index contributed by atoms with van der Waals surface area (Å²) >= 11 is 6.24. The molecule has 5 rings (SSSR count). The van der Waals surface area contributed by atoms with Gasteiger partial charge in [0.25, 0.3) is 0 Å². The summed E-state index contributed by atoms with van der Waals surface area (Å²) in [6.45, 7) is 5.45. The molecule has 11 heteroatoms. The number of aliphatic hydroxyl groups excluding tert-OH is 1. The molecule has 1 aromatic heterocycles. The molecule has 10 nitrogen and oxygen atoms in total. The summed E-state index contributed by atoms with van der Waals surface area (Å²) in [4.78, 5) is 27.3. The second-order valence-corrected chi connectivity index (χ2v) is 11.6. The fraction of sp³-hybridized carbons (Fsp3) is 0.531. The van der Waals surface area contributed by atoms with Gasteiger partial charge < -0.3 is 35.4 Å². The predicted octanol–water partition coefficient (Wildman–Crippen LogP) is 3.58. The van der Waals surface area contributed by atoms with Crippen LogP contribution < -0.4 is 16.0 Å². The third-order valence-corrected chi connectivity index (χ3v) is 8.72. The Morgan fingerprint density at radius 3 is 2.40 bits per heavy atom. The standard InChI is InChI=1S/C32H43ClN6O4/c33-25-5-3-24(4-6-25)32(10-1-2-11-32)31-36-28-23-26(7-8-27(28)30(37-31)35-13-12-34)38-14-16-39(17-15-38)29(41)9-19-42-21-22-43-20-18-40/h3-8,23,40H,1-2,9-22,34H2,(H,35,36,37). The number of nitrogens with zero attached hydrogens (tertiary/aromatic N) is 4. The van der Waals surface area contributed by atoms with Crippen LogP contribution in [0.2, 0.25) is 5.02 Å². The summed E-state index contributed by atoms with van der Waals surface area (Å²) in [7, 11) is 0. The third kappa shape index (κ3) is 7.56. The second-order valence-electron chi connectivity index (χ2n) is 11.2. The Kier molecular flexibility index (Phi) is 11.0. The lowest BCUT2D eigenvalue weighted by molar-refractivity contribution is -0.132. The van der Waals surface area contributed by atoms with Crippen LogP contribution in [0.3, 0.4) is 0 Å². The molecule has 2 aliphatic rings. The van der Waals surface area contributed by atoms with Crippen molar-refractivity contribution in [1.82, 2.24) is 14.9 Å². The van der Waals surface area contributed by atoms with Gasteiger partial charge >= 0.3 is 0 Å². The number of carbonyl (C=O) groups is 1. The summed E-state index contributed by atoms with van der Waals surface area (Å²) in [5, 5.41) is 13.9. The summed E-state index contributed by atoms with van der Waals surface area (Å²) < 4.78 is 10.7. The first-order valence-corrected chi connectivity index (χ1v) is 15.7. The molecule has 1 saturated carbocycles. The first kappa shape index (κ1) is 31.4. The first-order valence-electron chi connectivity index (χ1n) is 15.4. The van der Waals surface area contributed by atoms with Crippen LogP contribution in [0, 0.1) is 0 Å². The third-order valence-electron chi connectivity index (χ3n) is 8.46. The van der Waals surface area contributed by atoms with E-state index >= 15 is 0 Å². The molecule has 1 amide bonds. The van der Waals surface area contributed by atoms with Crippen molar-refractivity contribution in [1.29, 1.82) is 0 Å². The molecule has 2 fully saturated rings. The Hall–Kier alpha value is -3.02. The Morgan fingerprint density at radius 1 is 0.977 bits per heavy atom. The molecule has 0 unspecified atom stereocenters. The van der Waals surface area contributed by atoms with Crippen molar-refractivity contribution in [2.24, 2.45) is 5.73 Å². The van der Waals surface area contributed by atoms with Gasteiger partial charge in [-0.2, -0.15) is 0 Å². The molecule has 0 radical (unpaired) electrons. The predicted molar refractivity (Wildman–Crippen MR) is 170 cm³/mol. The fourth-order valence-corrected chi connectivity index (χ4v) is 6.29. The topological polar surface area (TPSA) is 126 Å². The fourth-order valence-electron chi connectivity index (χ4n) is 6.16. The number of fused-ring (bicyclic) bond motifs is 1. The minimum absolute atomic E-state index is 0.00349. The molecular weight excluding hydrogens is 568 g/mol. The number of piperazine rings is 1. The Labute approximate surface area is 258 Å². The van der Waals surface area contributed by atoms with E-state index in [9.17, 15) is 4.79 Å². The van der Waals surface area contributed by atoms with Crippen LogP contribution >= 0.6 is 11.6 Å². The van der Waals surface area contributed by atoms with Crippen molar-refractivity contribution < 1.29 is 19.4 Å². The highest BCUT2D eigenvalue weighted by Crippen LogP contribution is 2.46. The molecule has 1 aliphatic carbocycles. The van der Waals surface area contributed by atoms with Gasteiger partial charge in [-0.05, 0) is 48.7 Å². The number of anilines is 2. The van der Waals surface area contributed by atoms with Crippen molar-refractivity contribution in [3.05, 3.63) is 58.9 Å². The number of hydrogen-bond donors (Lipinski definition) is 3. The summed E-state index contributed by atoms with van der Waals surface area (Å²) in [6.07, 6.45) is 4.60. The van der Waals surface area contributed by atoms with Crippen LogP contribution in [0.5, 0.6) is 0 Å². The van der Waals surface area contributed by atoms with Crippen LogP contribution in [0.4, 0.5) is 11.5 Å². The van der Waals surface area contributed by atoms with Gasteiger partial charge in [0.1, 0.15) is 11.6 Å².